The van der Waals surface area contributed by atoms with E-state index >= 15 is 0 Å². The molecule has 1 N–H and O–H groups in total. The molecule has 0 aliphatic rings. The summed E-state index contributed by atoms with van der Waals surface area (Å²) in [5.41, 5.74) is 2.46. The minimum atomic E-state index is 0.00278. The van der Waals surface area contributed by atoms with Crippen LogP contribution >= 0.6 is 11.6 Å². The van der Waals surface area contributed by atoms with E-state index in [1.807, 2.05) is 67.6 Å². The molecule has 0 spiro atoms. The van der Waals surface area contributed by atoms with Gasteiger partial charge in [-0.15, -0.1) is 11.6 Å². The Morgan fingerprint density at radius 2 is 1.59 bits per heavy atom. The maximum Gasteiger partial charge on any atom is 0.264 e. The van der Waals surface area contributed by atoms with Crippen LogP contribution in [0.15, 0.2) is 65.5 Å². The number of hydrogen-bond acceptors (Lipinski definition) is 3. The zero-order valence-corrected chi connectivity index (χ0v) is 16.1. The number of hydrogen-bond donors (Lipinski definition) is 1. The number of rotatable bonds is 1. The van der Waals surface area contributed by atoms with Gasteiger partial charge in [0.2, 0.25) is 0 Å². The van der Waals surface area contributed by atoms with Crippen molar-refractivity contribution in [2.45, 2.75) is 13.3 Å². The molecule has 2 heterocycles. The molecular weight excluding hydrogens is 360 g/mol. The second-order valence-electron chi connectivity index (χ2n) is 6.00. The first-order valence-corrected chi connectivity index (χ1v) is 9.54. The lowest BCUT2D eigenvalue weighted by Crippen LogP contribution is -2.13. The Morgan fingerprint density at radius 3 is 2.26 bits per heavy atom. The number of halogens is 1. The fraction of sp³-hybridized carbons (Fsp3) is 0.182. The van der Waals surface area contributed by atoms with E-state index in [1.165, 1.54) is 6.38 Å². The van der Waals surface area contributed by atoms with Gasteiger partial charge in [-0.1, -0.05) is 49.4 Å². The zero-order valence-electron chi connectivity index (χ0n) is 15.3. The van der Waals surface area contributed by atoms with Crippen LogP contribution in [-0.2, 0) is 0 Å². The average molecular weight is 381 g/mol. The van der Waals surface area contributed by atoms with Gasteiger partial charge in [0.05, 0.1) is 11.0 Å². The third-order valence-electron chi connectivity index (χ3n) is 4.36. The lowest BCUT2D eigenvalue weighted by atomic mass is 10.0. The number of para-hydroxylation sites is 2. The number of imidazole rings is 1. The van der Waals surface area contributed by atoms with Gasteiger partial charge >= 0.3 is 0 Å². The Morgan fingerprint density at radius 1 is 0.963 bits per heavy atom. The summed E-state index contributed by atoms with van der Waals surface area (Å²) in [4.78, 5) is 17.6. The van der Waals surface area contributed by atoms with Crippen molar-refractivity contribution in [2.24, 2.45) is 0 Å². The van der Waals surface area contributed by atoms with E-state index in [4.69, 9.17) is 5.11 Å². The van der Waals surface area contributed by atoms with Crippen molar-refractivity contribution in [3.05, 3.63) is 71.0 Å². The van der Waals surface area contributed by atoms with Gasteiger partial charge in [0.25, 0.3) is 5.56 Å². The van der Waals surface area contributed by atoms with Crippen LogP contribution in [0.5, 0.6) is 0 Å². The van der Waals surface area contributed by atoms with Crippen molar-refractivity contribution in [3.8, 4) is 0 Å². The summed E-state index contributed by atoms with van der Waals surface area (Å²) >= 11 is 4.64. The fourth-order valence-electron chi connectivity index (χ4n) is 3.24. The molecule has 2 aromatic heterocycles. The highest BCUT2D eigenvalue weighted by Gasteiger charge is 2.14. The smallest absolute Gasteiger partial charge is 0.264 e. The van der Waals surface area contributed by atoms with Crippen molar-refractivity contribution in [1.82, 2.24) is 9.38 Å². The molecule has 27 heavy (non-hydrogen) atoms. The van der Waals surface area contributed by atoms with Gasteiger partial charge in [-0.05, 0) is 30.0 Å². The summed E-state index contributed by atoms with van der Waals surface area (Å²) in [7, 11) is 0. The molecule has 0 aliphatic heterocycles. The Kier molecular flexibility index (Phi) is 5.89. The molecule has 5 aromatic rings. The van der Waals surface area contributed by atoms with Gasteiger partial charge in [0.15, 0.2) is 0 Å². The highest BCUT2D eigenvalue weighted by molar-refractivity contribution is 6.15. The number of nitrogens with zero attached hydrogens (tertiary/aromatic N) is 2. The van der Waals surface area contributed by atoms with Crippen LogP contribution in [-0.4, -0.2) is 27.5 Å². The van der Waals surface area contributed by atoms with Crippen molar-refractivity contribution in [2.75, 3.05) is 13.0 Å². The third kappa shape index (κ3) is 3.22. The van der Waals surface area contributed by atoms with Gasteiger partial charge < -0.3 is 5.11 Å². The second-order valence-corrected chi connectivity index (χ2v) is 6.00. The molecule has 3 aromatic carbocycles. The number of aliphatic hydroxyl groups excluding tert-OH is 1. The fourth-order valence-corrected chi connectivity index (χ4v) is 3.24. The summed E-state index contributed by atoms with van der Waals surface area (Å²) in [6, 6.07) is 19.7. The largest absolute Gasteiger partial charge is 0.396 e. The SMILES string of the molecule is CCCO.CCl.O=c1c2cccc3cccc(c32)c2nc3ccccc3n12. The maximum absolute atomic E-state index is 12.9. The third-order valence-corrected chi connectivity index (χ3v) is 4.36. The highest BCUT2D eigenvalue weighted by atomic mass is 35.5. The normalized spacial score (nSPS) is 10.7. The molecule has 0 bridgehead atoms. The number of aliphatic hydroxyl groups is 1. The molecule has 0 aliphatic carbocycles. The Hall–Kier alpha value is -2.69. The van der Waals surface area contributed by atoms with Crippen LogP contribution in [0.25, 0.3) is 38.2 Å². The predicted molar refractivity (Wildman–Crippen MR) is 114 cm³/mol. The second kappa shape index (κ2) is 8.33. The Bertz CT molecular complexity index is 1240. The number of fused-ring (bicyclic) bond motifs is 4. The van der Waals surface area contributed by atoms with E-state index in [1.54, 1.807) is 4.40 Å². The zero-order chi connectivity index (χ0) is 19.4. The first kappa shape index (κ1) is 19.1. The Balaban J connectivity index is 0.000000314. The van der Waals surface area contributed by atoms with Crippen LogP contribution in [0.1, 0.15) is 13.3 Å². The summed E-state index contributed by atoms with van der Waals surface area (Å²) < 4.78 is 1.73. The average Bonchev–Trinajstić information content (AvgIpc) is 3.13. The van der Waals surface area contributed by atoms with E-state index in [2.05, 4.69) is 16.6 Å². The predicted octanol–water partition coefficient (Wildman–Crippen LogP) is 4.84. The molecule has 5 rings (SSSR count). The van der Waals surface area contributed by atoms with Crippen molar-refractivity contribution in [3.63, 3.8) is 0 Å². The first-order chi connectivity index (χ1) is 13.3. The highest BCUT2D eigenvalue weighted by Crippen LogP contribution is 2.29. The van der Waals surface area contributed by atoms with Crippen LogP contribution < -0.4 is 5.56 Å². The summed E-state index contributed by atoms with van der Waals surface area (Å²) in [5, 5.41) is 11.7. The van der Waals surface area contributed by atoms with Crippen LogP contribution in [0.4, 0.5) is 0 Å². The number of alkyl halides is 1. The van der Waals surface area contributed by atoms with E-state index in [0.29, 0.717) is 6.61 Å². The monoisotopic (exact) mass is 380 g/mol. The molecule has 0 amide bonds. The van der Waals surface area contributed by atoms with Crippen molar-refractivity contribution < 1.29 is 5.11 Å². The van der Waals surface area contributed by atoms with Gasteiger partial charge in [0, 0.05) is 29.1 Å². The minimum absolute atomic E-state index is 0.00278. The van der Waals surface area contributed by atoms with Crippen LogP contribution in [0, 0.1) is 0 Å². The van der Waals surface area contributed by atoms with Crippen molar-refractivity contribution in [1.29, 1.82) is 0 Å². The van der Waals surface area contributed by atoms with Crippen LogP contribution in [0.2, 0.25) is 0 Å². The molecule has 0 unspecified atom stereocenters. The molecule has 0 saturated heterocycles. The Labute approximate surface area is 162 Å². The molecule has 5 heteroatoms. The molecule has 4 nitrogen and oxygen atoms in total. The number of benzene rings is 3. The van der Waals surface area contributed by atoms with E-state index in [0.717, 1.165) is 44.6 Å². The van der Waals surface area contributed by atoms with Crippen molar-refractivity contribution >= 4 is 49.8 Å². The topological polar surface area (TPSA) is 54.6 Å². The summed E-state index contributed by atoms with van der Waals surface area (Å²) in [6.07, 6.45) is 2.35. The van der Waals surface area contributed by atoms with Gasteiger partial charge in [-0.2, -0.15) is 0 Å². The van der Waals surface area contributed by atoms with Gasteiger partial charge in [-0.3, -0.25) is 9.20 Å². The molecule has 0 radical (unpaired) electrons. The van der Waals surface area contributed by atoms with Gasteiger partial charge in [0.1, 0.15) is 5.65 Å². The molecule has 0 fully saturated rings. The van der Waals surface area contributed by atoms with Gasteiger partial charge in [-0.25, -0.2) is 4.98 Å². The molecule has 138 valence electrons. The summed E-state index contributed by atoms with van der Waals surface area (Å²) in [6.45, 7) is 2.25. The molecule has 0 saturated carbocycles. The lowest BCUT2D eigenvalue weighted by molar-refractivity contribution is 0.295. The minimum Gasteiger partial charge on any atom is -0.396 e. The van der Waals surface area contributed by atoms with Crippen LogP contribution in [0.3, 0.4) is 0 Å². The molecular formula is C22H21ClN2O2. The first-order valence-electron chi connectivity index (χ1n) is 8.79. The maximum atomic E-state index is 12.9. The number of aromatic nitrogens is 2. The summed E-state index contributed by atoms with van der Waals surface area (Å²) in [5.74, 6) is 0. The lowest BCUT2D eigenvalue weighted by Gasteiger charge is -2.06. The van der Waals surface area contributed by atoms with E-state index in [9.17, 15) is 4.79 Å². The number of pyridine rings is 1. The molecule has 0 atom stereocenters. The quantitative estimate of drug-likeness (QED) is 0.423. The van der Waals surface area contributed by atoms with E-state index in [-0.39, 0.29) is 5.56 Å². The van der Waals surface area contributed by atoms with E-state index < -0.39 is 0 Å². The standard InChI is InChI=1S/C18H10N2O.C3H8O.CH3Cl/c21-18-13-8-4-6-11-5-3-7-12(16(11)13)17-19-14-9-1-2-10-15(14)20(17)18;1-2-3-4;1-2/h1-10H;4H,2-3H2,1H3;1H3.